The number of hydrogen-bond donors (Lipinski definition) is 1. The van der Waals surface area contributed by atoms with Crippen LogP contribution in [0.1, 0.15) is 26.7 Å². The number of carbonyl (C=O) groups is 1. The standard InChI is InChI=1S/C18H24ClN5OS/c1-13(2)11-20-16(25)12-26-18-22-21-17(23-8-3-4-9-23)24(18)15-7-5-6-14(19)10-15/h5-7,10,13H,3-4,8-9,11-12H2,1-2H3,(H,20,25). The molecule has 1 saturated heterocycles. The lowest BCUT2D eigenvalue weighted by molar-refractivity contribution is -0.118. The minimum absolute atomic E-state index is 0.00654. The first kappa shape index (κ1) is 19.0. The molecule has 1 amide bonds. The third-order valence-corrected chi connectivity index (χ3v) is 5.28. The molecule has 1 aliphatic rings. The average molecular weight is 394 g/mol. The van der Waals surface area contributed by atoms with Gasteiger partial charge in [0.1, 0.15) is 0 Å². The summed E-state index contributed by atoms with van der Waals surface area (Å²) in [6, 6.07) is 7.64. The zero-order chi connectivity index (χ0) is 18.5. The van der Waals surface area contributed by atoms with Crippen LogP contribution in [0.4, 0.5) is 5.95 Å². The Hall–Kier alpha value is -1.73. The molecule has 2 aromatic rings. The molecule has 1 fully saturated rings. The topological polar surface area (TPSA) is 63.1 Å². The van der Waals surface area contributed by atoms with Crippen molar-refractivity contribution >= 4 is 35.2 Å². The first-order valence-electron chi connectivity index (χ1n) is 8.90. The van der Waals surface area contributed by atoms with E-state index in [4.69, 9.17) is 11.6 Å². The van der Waals surface area contributed by atoms with Gasteiger partial charge < -0.3 is 10.2 Å². The van der Waals surface area contributed by atoms with Crippen LogP contribution in [0.5, 0.6) is 0 Å². The van der Waals surface area contributed by atoms with Crippen molar-refractivity contribution in [2.45, 2.75) is 31.8 Å². The number of hydrogen-bond acceptors (Lipinski definition) is 5. The molecule has 0 unspecified atom stereocenters. The third kappa shape index (κ3) is 4.71. The van der Waals surface area contributed by atoms with E-state index in [1.54, 1.807) is 0 Å². The van der Waals surface area contributed by atoms with Crippen LogP contribution in [-0.4, -0.2) is 46.1 Å². The lowest BCUT2D eigenvalue weighted by Crippen LogP contribution is -2.28. The number of nitrogens with zero attached hydrogens (tertiary/aromatic N) is 4. The second-order valence-electron chi connectivity index (χ2n) is 6.78. The van der Waals surface area contributed by atoms with Crippen LogP contribution in [-0.2, 0) is 4.79 Å². The summed E-state index contributed by atoms with van der Waals surface area (Å²) in [6.07, 6.45) is 2.31. The molecule has 6 nitrogen and oxygen atoms in total. The molecule has 26 heavy (non-hydrogen) atoms. The van der Waals surface area contributed by atoms with Crippen molar-refractivity contribution in [1.29, 1.82) is 0 Å². The van der Waals surface area contributed by atoms with Gasteiger partial charge in [-0.2, -0.15) is 0 Å². The molecule has 1 N–H and O–H groups in total. The SMILES string of the molecule is CC(C)CNC(=O)CSc1nnc(N2CCCC2)n1-c1cccc(Cl)c1. The van der Waals surface area contributed by atoms with E-state index in [-0.39, 0.29) is 5.91 Å². The number of nitrogens with one attached hydrogen (secondary N) is 1. The van der Waals surface area contributed by atoms with Crippen LogP contribution in [0, 0.1) is 5.92 Å². The highest BCUT2D eigenvalue weighted by atomic mass is 35.5. The first-order chi connectivity index (χ1) is 12.5. The van der Waals surface area contributed by atoms with Crippen molar-refractivity contribution in [3.8, 4) is 5.69 Å². The Kier molecular flexibility index (Phi) is 6.43. The molecule has 1 aromatic carbocycles. The number of rotatable bonds is 7. The van der Waals surface area contributed by atoms with Gasteiger partial charge >= 0.3 is 0 Å². The van der Waals surface area contributed by atoms with Crippen LogP contribution in [0.3, 0.4) is 0 Å². The maximum absolute atomic E-state index is 12.1. The fourth-order valence-corrected chi connectivity index (χ4v) is 3.78. The van der Waals surface area contributed by atoms with Crippen molar-refractivity contribution in [2.75, 3.05) is 30.3 Å². The van der Waals surface area contributed by atoms with E-state index in [0.29, 0.717) is 28.4 Å². The summed E-state index contributed by atoms with van der Waals surface area (Å²) in [6.45, 7) is 6.77. The van der Waals surface area contributed by atoms with Crippen LogP contribution in [0.2, 0.25) is 5.02 Å². The Morgan fingerprint density at radius 3 is 2.77 bits per heavy atom. The van der Waals surface area contributed by atoms with Crippen LogP contribution in [0.25, 0.3) is 5.69 Å². The third-order valence-electron chi connectivity index (χ3n) is 4.11. The summed E-state index contributed by atoms with van der Waals surface area (Å²) < 4.78 is 2.00. The van der Waals surface area contributed by atoms with Gasteiger partial charge in [-0.15, -0.1) is 10.2 Å². The summed E-state index contributed by atoms with van der Waals surface area (Å²) in [7, 11) is 0. The van der Waals surface area contributed by atoms with E-state index in [1.807, 2.05) is 28.8 Å². The minimum atomic E-state index is 0.00654. The molecule has 0 aliphatic carbocycles. The Labute approximate surface area is 163 Å². The molecular weight excluding hydrogens is 370 g/mol. The number of carbonyl (C=O) groups excluding carboxylic acids is 1. The average Bonchev–Trinajstić information content (AvgIpc) is 3.27. The maximum Gasteiger partial charge on any atom is 0.232 e. The summed E-state index contributed by atoms with van der Waals surface area (Å²) >= 11 is 7.58. The Balaban J connectivity index is 1.82. The Morgan fingerprint density at radius 2 is 2.08 bits per heavy atom. The summed E-state index contributed by atoms with van der Waals surface area (Å²) in [5, 5.41) is 13.0. The summed E-state index contributed by atoms with van der Waals surface area (Å²) in [5.74, 6) is 1.56. The van der Waals surface area contributed by atoms with Gasteiger partial charge in [0.15, 0.2) is 5.16 Å². The molecule has 2 heterocycles. The number of aromatic nitrogens is 3. The lowest BCUT2D eigenvalue weighted by atomic mass is 10.2. The van der Waals surface area contributed by atoms with Crippen LogP contribution >= 0.6 is 23.4 Å². The second-order valence-corrected chi connectivity index (χ2v) is 8.16. The predicted octanol–water partition coefficient (Wildman–Crippen LogP) is 3.39. The molecule has 140 valence electrons. The predicted molar refractivity (Wildman–Crippen MR) is 106 cm³/mol. The summed E-state index contributed by atoms with van der Waals surface area (Å²) in [5.41, 5.74) is 0.912. The fraction of sp³-hybridized carbons (Fsp3) is 0.500. The highest BCUT2D eigenvalue weighted by Crippen LogP contribution is 2.29. The second kappa shape index (κ2) is 8.77. The van der Waals surface area contributed by atoms with Crippen molar-refractivity contribution in [1.82, 2.24) is 20.1 Å². The Morgan fingerprint density at radius 1 is 1.31 bits per heavy atom. The summed E-state index contributed by atoms with van der Waals surface area (Å²) in [4.78, 5) is 14.3. The van der Waals surface area contributed by atoms with Crippen molar-refractivity contribution < 1.29 is 4.79 Å². The van der Waals surface area contributed by atoms with Gasteiger partial charge in [-0.25, -0.2) is 0 Å². The molecular formula is C18H24ClN5OS. The Bertz CT molecular complexity index is 758. The van der Waals surface area contributed by atoms with Crippen molar-refractivity contribution in [3.05, 3.63) is 29.3 Å². The molecule has 0 atom stereocenters. The van der Waals surface area contributed by atoms with Gasteiger partial charge in [0.2, 0.25) is 11.9 Å². The molecule has 1 aromatic heterocycles. The van der Waals surface area contributed by atoms with Gasteiger partial charge in [0, 0.05) is 24.7 Å². The molecule has 0 bridgehead atoms. The first-order valence-corrected chi connectivity index (χ1v) is 10.3. The van der Waals surface area contributed by atoms with Crippen LogP contribution in [0.15, 0.2) is 29.4 Å². The van der Waals surface area contributed by atoms with E-state index in [2.05, 4.69) is 34.3 Å². The number of halogens is 1. The minimum Gasteiger partial charge on any atom is -0.355 e. The quantitative estimate of drug-likeness (QED) is 0.730. The van der Waals surface area contributed by atoms with E-state index in [0.717, 1.165) is 37.6 Å². The zero-order valence-corrected chi connectivity index (χ0v) is 16.7. The number of benzene rings is 1. The molecule has 0 radical (unpaired) electrons. The highest BCUT2D eigenvalue weighted by Gasteiger charge is 2.23. The number of thioether (sulfide) groups is 1. The molecule has 8 heteroatoms. The lowest BCUT2D eigenvalue weighted by Gasteiger charge is -2.18. The number of anilines is 1. The smallest absolute Gasteiger partial charge is 0.232 e. The number of amides is 1. The van der Waals surface area contributed by atoms with E-state index in [9.17, 15) is 4.79 Å². The van der Waals surface area contributed by atoms with Gasteiger partial charge in [-0.1, -0.05) is 43.3 Å². The molecule has 3 rings (SSSR count). The normalized spacial score (nSPS) is 14.2. The fourth-order valence-electron chi connectivity index (χ4n) is 2.82. The monoisotopic (exact) mass is 393 g/mol. The van der Waals surface area contributed by atoms with Crippen molar-refractivity contribution in [3.63, 3.8) is 0 Å². The van der Waals surface area contributed by atoms with Gasteiger partial charge in [0.25, 0.3) is 0 Å². The zero-order valence-electron chi connectivity index (χ0n) is 15.1. The van der Waals surface area contributed by atoms with Gasteiger partial charge in [-0.3, -0.25) is 9.36 Å². The van der Waals surface area contributed by atoms with E-state index in [1.165, 1.54) is 11.8 Å². The molecule has 0 spiro atoms. The van der Waals surface area contributed by atoms with E-state index >= 15 is 0 Å². The van der Waals surface area contributed by atoms with Gasteiger partial charge in [0.05, 0.1) is 11.4 Å². The largest absolute Gasteiger partial charge is 0.355 e. The van der Waals surface area contributed by atoms with Crippen molar-refractivity contribution in [2.24, 2.45) is 5.92 Å². The molecule has 0 saturated carbocycles. The highest BCUT2D eigenvalue weighted by molar-refractivity contribution is 7.99. The van der Waals surface area contributed by atoms with Crippen LogP contribution < -0.4 is 10.2 Å². The maximum atomic E-state index is 12.1. The van der Waals surface area contributed by atoms with E-state index < -0.39 is 0 Å². The van der Waals surface area contributed by atoms with Gasteiger partial charge in [-0.05, 0) is 37.0 Å². The molecule has 1 aliphatic heterocycles.